The van der Waals surface area contributed by atoms with Crippen molar-refractivity contribution in [2.24, 2.45) is 5.84 Å². The van der Waals surface area contributed by atoms with Crippen molar-refractivity contribution in [3.05, 3.63) is 35.4 Å². The molecular formula is C12H19N3O. The van der Waals surface area contributed by atoms with Crippen LogP contribution in [0.1, 0.15) is 11.1 Å². The van der Waals surface area contributed by atoms with Crippen LogP contribution in [0.2, 0.25) is 0 Å². The largest absolute Gasteiger partial charge is 0.379 e. The lowest BCUT2D eigenvalue weighted by Crippen LogP contribution is -2.36. The maximum absolute atomic E-state index is 5.38. The van der Waals surface area contributed by atoms with Crippen LogP contribution in [0.4, 0.5) is 0 Å². The summed E-state index contributed by atoms with van der Waals surface area (Å²) >= 11 is 0. The third-order valence-corrected chi connectivity index (χ3v) is 2.91. The van der Waals surface area contributed by atoms with Crippen molar-refractivity contribution in [3.8, 4) is 0 Å². The quantitative estimate of drug-likeness (QED) is 0.573. The Morgan fingerprint density at radius 1 is 1.19 bits per heavy atom. The summed E-state index contributed by atoms with van der Waals surface area (Å²) in [6.45, 7) is 5.44. The van der Waals surface area contributed by atoms with Gasteiger partial charge in [0.05, 0.1) is 13.2 Å². The number of nitrogens with zero attached hydrogens (tertiary/aromatic N) is 1. The van der Waals surface area contributed by atoms with Crippen molar-refractivity contribution in [1.82, 2.24) is 10.3 Å². The molecule has 0 atom stereocenters. The molecule has 1 aromatic rings. The predicted octanol–water partition coefficient (Wildman–Crippen LogP) is 0.482. The summed E-state index contributed by atoms with van der Waals surface area (Å²) in [5.41, 5.74) is 5.34. The van der Waals surface area contributed by atoms with Crippen LogP contribution in [0.25, 0.3) is 0 Å². The highest BCUT2D eigenvalue weighted by Crippen LogP contribution is 2.12. The maximum Gasteiger partial charge on any atom is 0.0594 e. The first-order valence-corrected chi connectivity index (χ1v) is 5.70. The molecule has 0 bridgehead atoms. The standard InChI is InChI=1S/C12H19N3O/c13-14-9-11-3-1-2-4-12(11)10-15-5-7-16-8-6-15/h1-4,14H,5-10,13H2. The molecule has 0 radical (unpaired) electrons. The summed E-state index contributed by atoms with van der Waals surface area (Å²) in [6, 6.07) is 8.42. The highest BCUT2D eigenvalue weighted by atomic mass is 16.5. The second-order valence-corrected chi connectivity index (χ2v) is 4.04. The Bertz CT molecular complexity index is 324. The van der Waals surface area contributed by atoms with E-state index < -0.39 is 0 Å². The van der Waals surface area contributed by atoms with Crippen molar-refractivity contribution in [3.63, 3.8) is 0 Å². The van der Waals surface area contributed by atoms with Crippen LogP contribution in [-0.2, 0) is 17.8 Å². The average molecular weight is 221 g/mol. The molecule has 2 rings (SSSR count). The van der Waals surface area contributed by atoms with Crippen LogP contribution in [0, 0.1) is 0 Å². The molecule has 1 aliphatic heterocycles. The second kappa shape index (κ2) is 5.96. The third kappa shape index (κ3) is 3.02. The SMILES string of the molecule is NNCc1ccccc1CN1CCOCC1. The Labute approximate surface area is 96.3 Å². The Kier molecular flexibility index (Phi) is 4.30. The number of hydrazine groups is 1. The van der Waals surface area contributed by atoms with E-state index in [2.05, 4.69) is 34.6 Å². The molecule has 1 saturated heterocycles. The van der Waals surface area contributed by atoms with E-state index in [1.165, 1.54) is 11.1 Å². The number of hydrogen-bond acceptors (Lipinski definition) is 4. The predicted molar refractivity (Wildman–Crippen MR) is 63.6 cm³/mol. The zero-order chi connectivity index (χ0) is 11.2. The topological polar surface area (TPSA) is 50.5 Å². The number of nitrogens with two attached hydrogens (primary N) is 1. The van der Waals surface area contributed by atoms with Crippen molar-refractivity contribution in [2.45, 2.75) is 13.1 Å². The van der Waals surface area contributed by atoms with Crippen LogP contribution >= 0.6 is 0 Å². The van der Waals surface area contributed by atoms with E-state index in [1.54, 1.807) is 0 Å². The lowest BCUT2D eigenvalue weighted by Gasteiger charge is -2.27. The molecule has 0 unspecified atom stereocenters. The molecule has 88 valence electrons. The fourth-order valence-corrected chi connectivity index (χ4v) is 1.99. The van der Waals surface area contributed by atoms with Gasteiger partial charge in [0.25, 0.3) is 0 Å². The van der Waals surface area contributed by atoms with E-state index in [0.717, 1.165) is 39.4 Å². The molecule has 0 amide bonds. The van der Waals surface area contributed by atoms with Crippen LogP contribution in [0.3, 0.4) is 0 Å². The van der Waals surface area contributed by atoms with Crippen molar-refractivity contribution >= 4 is 0 Å². The minimum absolute atomic E-state index is 0.723. The van der Waals surface area contributed by atoms with Gasteiger partial charge in [0, 0.05) is 26.2 Å². The number of morpholine rings is 1. The monoisotopic (exact) mass is 221 g/mol. The molecule has 0 aromatic heterocycles. The number of nitrogens with one attached hydrogen (secondary N) is 1. The molecule has 3 N–H and O–H groups in total. The molecule has 16 heavy (non-hydrogen) atoms. The minimum Gasteiger partial charge on any atom is -0.379 e. The Hall–Kier alpha value is -0.940. The molecule has 1 heterocycles. The van der Waals surface area contributed by atoms with Gasteiger partial charge < -0.3 is 4.74 Å². The zero-order valence-electron chi connectivity index (χ0n) is 9.48. The van der Waals surface area contributed by atoms with Crippen LogP contribution < -0.4 is 11.3 Å². The van der Waals surface area contributed by atoms with E-state index in [9.17, 15) is 0 Å². The first-order chi connectivity index (χ1) is 7.90. The minimum atomic E-state index is 0.723. The maximum atomic E-state index is 5.38. The van der Waals surface area contributed by atoms with Crippen molar-refractivity contribution < 1.29 is 4.74 Å². The number of hydrogen-bond donors (Lipinski definition) is 2. The first kappa shape index (κ1) is 11.5. The summed E-state index contributed by atoms with van der Waals surface area (Å²) in [6.07, 6.45) is 0. The summed E-state index contributed by atoms with van der Waals surface area (Å²) in [4.78, 5) is 2.42. The highest BCUT2D eigenvalue weighted by Gasteiger charge is 2.12. The molecule has 1 aromatic carbocycles. The van der Waals surface area contributed by atoms with Crippen LogP contribution in [-0.4, -0.2) is 31.2 Å². The van der Waals surface area contributed by atoms with E-state index >= 15 is 0 Å². The molecule has 0 aliphatic carbocycles. The number of ether oxygens (including phenoxy) is 1. The van der Waals surface area contributed by atoms with Gasteiger partial charge in [0.2, 0.25) is 0 Å². The molecule has 4 heteroatoms. The van der Waals surface area contributed by atoms with Gasteiger partial charge in [-0.25, -0.2) is 0 Å². The van der Waals surface area contributed by atoms with Gasteiger partial charge in [-0.2, -0.15) is 0 Å². The lowest BCUT2D eigenvalue weighted by molar-refractivity contribution is 0.0340. The second-order valence-electron chi connectivity index (χ2n) is 4.04. The van der Waals surface area contributed by atoms with E-state index in [1.807, 2.05) is 0 Å². The normalized spacial score (nSPS) is 17.6. The smallest absolute Gasteiger partial charge is 0.0594 e. The third-order valence-electron chi connectivity index (χ3n) is 2.91. The molecule has 0 spiro atoms. The number of rotatable bonds is 4. The van der Waals surface area contributed by atoms with Gasteiger partial charge in [-0.05, 0) is 11.1 Å². The van der Waals surface area contributed by atoms with Gasteiger partial charge in [-0.15, -0.1) is 0 Å². The molecule has 4 nitrogen and oxygen atoms in total. The molecule has 1 fully saturated rings. The summed E-state index contributed by atoms with van der Waals surface area (Å²) < 4.78 is 5.34. The fourth-order valence-electron chi connectivity index (χ4n) is 1.99. The summed E-state index contributed by atoms with van der Waals surface area (Å²) in [5, 5.41) is 0. The van der Waals surface area contributed by atoms with E-state index in [0.29, 0.717) is 0 Å². The summed E-state index contributed by atoms with van der Waals surface area (Å²) in [7, 11) is 0. The average Bonchev–Trinajstić information content (AvgIpc) is 2.33. The van der Waals surface area contributed by atoms with Crippen molar-refractivity contribution in [1.29, 1.82) is 0 Å². The van der Waals surface area contributed by atoms with E-state index in [-0.39, 0.29) is 0 Å². The van der Waals surface area contributed by atoms with E-state index in [4.69, 9.17) is 10.6 Å². The van der Waals surface area contributed by atoms with Gasteiger partial charge in [-0.3, -0.25) is 16.2 Å². The Morgan fingerprint density at radius 2 is 1.88 bits per heavy atom. The Morgan fingerprint density at radius 3 is 2.56 bits per heavy atom. The van der Waals surface area contributed by atoms with Crippen LogP contribution in [0.15, 0.2) is 24.3 Å². The molecule has 0 saturated carbocycles. The lowest BCUT2D eigenvalue weighted by atomic mass is 10.1. The zero-order valence-corrected chi connectivity index (χ0v) is 9.48. The van der Waals surface area contributed by atoms with Crippen molar-refractivity contribution in [2.75, 3.05) is 26.3 Å². The first-order valence-electron chi connectivity index (χ1n) is 5.70. The van der Waals surface area contributed by atoms with Crippen LogP contribution in [0.5, 0.6) is 0 Å². The summed E-state index contributed by atoms with van der Waals surface area (Å²) in [5.74, 6) is 5.38. The van der Waals surface area contributed by atoms with Gasteiger partial charge in [0.1, 0.15) is 0 Å². The fraction of sp³-hybridized carbons (Fsp3) is 0.500. The molecule has 1 aliphatic rings. The van der Waals surface area contributed by atoms with Gasteiger partial charge >= 0.3 is 0 Å². The van der Waals surface area contributed by atoms with Gasteiger partial charge in [-0.1, -0.05) is 24.3 Å². The highest BCUT2D eigenvalue weighted by molar-refractivity contribution is 5.26. The number of benzene rings is 1. The molecular weight excluding hydrogens is 202 g/mol. The Balaban J connectivity index is 2.01. The van der Waals surface area contributed by atoms with Gasteiger partial charge in [0.15, 0.2) is 0 Å².